The highest BCUT2D eigenvalue weighted by Gasteiger charge is 2.35. The van der Waals surface area contributed by atoms with Crippen molar-refractivity contribution >= 4 is 16.9 Å². The van der Waals surface area contributed by atoms with E-state index in [0.717, 1.165) is 50.6 Å². The van der Waals surface area contributed by atoms with Crippen molar-refractivity contribution in [2.24, 2.45) is 17.3 Å². The third kappa shape index (κ3) is 7.14. The van der Waals surface area contributed by atoms with Crippen molar-refractivity contribution < 1.29 is 9.90 Å². The van der Waals surface area contributed by atoms with Crippen molar-refractivity contribution in [3.8, 4) is 5.75 Å². The van der Waals surface area contributed by atoms with Crippen LogP contribution in [0, 0.1) is 17.3 Å². The first-order valence-electron chi connectivity index (χ1n) is 18.4. The van der Waals surface area contributed by atoms with Crippen LogP contribution >= 0.6 is 0 Å². The molecule has 1 fully saturated rings. The molecule has 3 aromatic rings. The lowest BCUT2D eigenvalue weighted by Gasteiger charge is -2.33. The fraction of sp³-hybridized carbons (Fsp3) is 0.561. The number of nitrogens with one attached hydrogen (secondary N) is 1. The molecule has 5 heteroatoms. The van der Waals surface area contributed by atoms with Crippen molar-refractivity contribution in [3.63, 3.8) is 0 Å². The molecule has 2 N–H and O–H groups in total. The minimum atomic E-state index is -0.119. The Hall–Kier alpha value is -3.34. The van der Waals surface area contributed by atoms with Gasteiger partial charge < -0.3 is 15.0 Å². The first-order chi connectivity index (χ1) is 22.4. The summed E-state index contributed by atoms with van der Waals surface area (Å²) in [5.41, 5.74) is 9.18. The van der Waals surface area contributed by atoms with E-state index in [1.54, 1.807) is 17.7 Å². The molecule has 246 valence electrons. The van der Waals surface area contributed by atoms with Gasteiger partial charge in [-0.05, 0) is 111 Å². The van der Waals surface area contributed by atoms with E-state index >= 15 is 0 Å². The molecule has 0 radical (unpaired) electrons. The summed E-state index contributed by atoms with van der Waals surface area (Å²) in [4.78, 5) is 19.3. The number of rotatable bonds is 11. The Kier molecular flexibility index (Phi) is 10.4. The van der Waals surface area contributed by atoms with Crippen LogP contribution in [0.2, 0.25) is 0 Å². The van der Waals surface area contributed by atoms with Crippen LogP contribution in [0.4, 0.5) is 0 Å². The van der Waals surface area contributed by atoms with Gasteiger partial charge >= 0.3 is 0 Å². The lowest BCUT2D eigenvalue weighted by molar-refractivity contribution is -0.125. The largest absolute Gasteiger partial charge is 0.508 e. The van der Waals surface area contributed by atoms with Crippen LogP contribution in [-0.4, -0.2) is 20.6 Å². The number of phenolic OH excluding ortho intramolecular Hbond substituents is 1. The topological polar surface area (TPSA) is 67.2 Å². The predicted octanol–water partition coefficient (Wildman–Crippen LogP) is 9.32. The maximum absolute atomic E-state index is 13.9. The van der Waals surface area contributed by atoms with E-state index in [9.17, 15) is 9.90 Å². The van der Waals surface area contributed by atoms with Crippen molar-refractivity contribution in [2.45, 2.75) is 130 Å². The third-order valence-electron chi connectivity index (χ3n) is 11.0. The van der Waals surface area contributed by atoms with E-state index in [0.29, 0.717) is 12.5 Å². The van der Waals surface area contributed by atoms with Crippen LogP contribution in [0.3, 0.4) is 0 Å². The molecule has 0 spiro atoms. The molecule has 1 amide bonds. The maximum Gasteiger partial charge on any atom is 0.228 e. The van der Waals surface area contributed by atoms with E-state index in [2.05, 4.69) is 54.9 Å². The summed E-state index contributed by atoms with van der Waals surface area (Å²) >= 11 is 0. The second kappa shape index (κ2) is 14.6. The number of carbonyl (C=O) groups excluding carboxylic acids is 1. The average molecular weight is 622 g/mol. The van der Waals surface area contributed by atoms with Gasteiger partial charge in [0.15, 0.2) is 0 Å². The molecule has 2 unspecified atom stereocenters. The van der Waals surface area contributed by atoms with Gasteiger partial charge in [0.1, 0.15) is 11.4 Å². The molecule has 1 aromatic carbocycles. The standard InChI is InChI=1S/C41H55N3O2/c1-4-6-15-33-26-30(5-2)38-35-16-11-12-17-36(35)44(39(38)43-33)28-41(3)24-22-32(23-25-41)37(31-13-9-7-8-10-14-31)40(46)42-27-29-18-20-34(45)21-19-29/h18-24,26,31,37,45H,4-17,25,27-28H2,1-3H3,(H,42,46). The number of pyridine rings is 1. The summed E-state index contributed by atoms with van der Waals surface area (Å²) in [6.45, 7) is 8.36. The Morgan fingerprint density at radius 3 is 2.52 bits per heavy atom. The first-order valence-corrected chi connectivity index (χ1v) is 18.4. The number of phenols is 1. The smallest absolute Gasteiger partial charge is 0.228 e. The summed E-state index contributed by atoms with van der Waals surface area (Å²) in [6.07, 6.45) is 24.5. The van der Waals surface area contributed by atoms with Gasteiger partial charge in [-0.3, -0.25) is 4.79 Å². The lowest BCUT2D eigenvalue weighted by atomic mass is 9.74. The molecule has 2 atom stereocenters. The van der Waals surface area contributed by atoms with Gasteiger partial charge in [0.2, 0.25) is 5.91 Å². The van der Waals surface area contributed by atoms with E-state index in [1.165, 1.54) is 91.3 Å². The number of nitrogens with zero attached hydrogens (tertiary/aromatic N) is 2. The van der Waals surface area contributed by atoms with Crippen LogP contribution in [0.25, 0.3) is 11.0 Å². The number of aromatic nitrogens is 2. The number of unbranched alkanes of at least 4 members (excludes halogenated alkanes) is 1. The summed E-state index contributed by atoms with van der Waals surface area (Å²) < 4.78 is 2.61. The maximum atomic E-state index is 13.9. The summed E-state index contributed by atoms with van der Waals surface area (Å²) in [7, 11) is 0. The second-order valence-electron chi connectivity index (χ2n) is 14.7. The molecule has 2 aromatic heterocycles. The van der Waals surface area contributed by atoms with Crippen molar-refractivity contribution in [1.29, 1.82) is 0 Å². The fourth-order valence-corrected chi connectivity index (χ4v) is 8.37. The Morgan fingerprint density at radius 1 is 1.07 bits per heavy atom. The average Bonchev–Trinajstić information content (AvgIpc) is 3.20. The number of benzene rings is 1. The zero-order valence-electron chi connectivity index (χ0n) is 28.5. The quantitative estimate of drug-likeness (QED) is 0.210. The van der Waals surface area contributed by atoms with Gasteiger partial charge in [0, 0.05) is 35.3 Å². The Bertz CT molecular complexity index is 1570. The number of aromatic hydroxyl groups is 1. The van der Waals surface area contributed by atoms with E-state index < -0.39 is 0 Å². The molecule has 3 aliphatic rings. The van der Waals surface area contributed by atoms with E-state index in [4.69, 9.17) is 4.98 Å². The fourth-order valence-electron chi connectivity index (χ4n) is 8.37. The number of amides is 1. The minimum absolute atomic E-state index is 0.0370. The molecule has 1 saturated carbocycles. The lowest BCUT2D eigenvalue weighted by Crippen LogP contribution is -2.36. The third-order valence-corrected chi connectivity index (χ3v) is 11.0. The molecule has 5 nitrogen and oxygen atoms in total. The minimum Gasteiger partial charge on any atom is -0.508 e. The van der Waals surface area contributed by atoms with Gasteiger partial charge in [0.05, 0.1) is 5.92 Å². The summed E-state index contributed by atoms with van der Waals surface area (Å²) in [5.74, 6) is 0.645. The van der Waals surface area contributed by atoms with Crippen LogP contribution in [-0.2, 0) is 43.6 Å². The number of aryl methyl sites for hydroxylation is 3. The zero-order valence-corrected chi connectivity index (χ0v) is 28.5. The number of hydrogen-bond acceptors (Lipinski definition) is 3. The Balaban J connectivity index is 1.27. The highest BCUT2D eigenvalue weighted by Crippen LogP contribution is 2.41. The van der Waals surface area contributed by atoms with E-state index in [1.807, 2.05) is 12.1 Å². The number of allylic oxidation sites excluding steroid dienone is 3. The van der Waals surface area contributed by atoms with Gasteiger partial charge in [-0.1, -0.05) is 83.2 Å². The molecule has 0 bridgehead atoms. The van der Waals surface area contributed by atoms with Crippen LogP contribution in [0.1, 0.15) is 119 Å². The SMILES string of the molecule is CCCCc1cc(CC)c2c3c(n(CC4(C)C=CC(C(C(=O)NCc5ccc(O)cc5)C5CCCCCC5)=CC4)c2n1)CCCC3. The van der Waals surface area contributed by atoms with Gasteiger partial charge in [-0.15, -0.1) is 0 Å². The molecule has 0 aliphatic heterocycles. The van der Waals surface area contributed by atoms with Gasteiger partial charge in [0.25, 0.3) is 0 Å². The van der Waals surface area contributed by atoms with Crippen LogP contribution in [0.5, 0.6) is 5.75 Å². The zero-order chi connectivity index (χ0) is 32.1. The Morgan fingerprint density at radius 2 is 1.83 bits per heavy atom. The number of hydrogen-bond donors (Lipinski definition) is 2. The molecule has 0 saturated heterocycles. The van der Waals surface area contributed by atoms with Crippen molar-refractivity contribution in [1.82, 2.24) is 14.9 Å². The molecule has 6 rings (SSSR count). The van der Waals surface area contributed by atoms with Gasteiger partial charge in [-0.2, -0.15) is 0 Å². The highest BCUT2D eigenvalue weighted by atomic mass is 16.3. The molecule has 2 heterocycles. The van der Waals surface area contributed by atoms with Crippen molar-refractivity contribution in [3.05, 3.63) is 82.2 Å². The summed E-state index contributed by atoms with van der Waals surface area (Å²) in [6, 6.07) is 9.54. The van der Waals surface area contributed by atoms with Crippen LogP contribution in [0.15, 0.2) is 54.1 Å². The monoisotopic (exact) mass is 621 g/mol. The molecule has 3 aliphatic carbocycles. The first kappa shape index (κ1) is 32.6. The van der Waals surface area contributed by atoms with Gasteiger partial charge in [-0.25, -0.2) is 4.98 Å². The molecule has 46 heavy (non-hydrogen) atoms. The predicted molar refractivity (Wildman–Crippen MR) is 189 cm³/mol. The van der Waals surface area contributed by atoms with Crippen molar-refractivity contribution in [2.75, 3.05) is 0 Å². The van der Waals surface area contributed by atoms with E-state index in [-0.39, 0.29) is 23.0 Å². The number of fused-ring (bicyclic) bond motifs is 3. The van der Waals surface area contributed by atoms with Crippen LogP contribution < -0.4 is 5.32 Å². The second-order valence-corrected chi connectivity index (χ2v) is 14.7. The molecular formula is C41H55N3O2. The highest BCUT2D eigenvalue weighted by molar-refractivity contribution is 5.86. The normalized spacial score (nSPS) is 21.1. The number of carbonyl (C=O) groups is 1. The molecular weight excluding hydrogens is 566 g/mol. The Labute approximate surface area is 276 Å². The summed E-state index contributed by atoms with van der Waals surface area (Å²) in [5, 5.41) is 14.4.